The van der Waals surface area contributed by atoms with Crippen molar-refractivity contribution in [2.24, 2.45) is 0 Å². The van der Waals surface area contributed by atoms with E-state index < -0.39 is 5.82 Å². The predicted octanol–water partition coefficient (Wildman–Crippen LogP) is 3.45. The summed E-state index contributed by atoms with van der Waals surface area (Å²) in [5, 5.41) is 2.62. The fourth-order valence-electron chi connectivity index (χ4n) is 1.76. The summed E-state index contributed by atoms with van der Waals surface area (Å²) in [6, 6.07) is 11.0. The Morgan fingerprint density at radius 2 is 2.10 bits per heavy atom. The summed E-state index contributed by atoms with van der Waals surface area (Å²) >= 11 is 0. The fourth-order valence-corrected chi connectivity index (χ4v) is 1.76. The summed E-state index contributed by atoms with van der Waals surface area (Å²) in [4.78, 5) is 12.1. The van der Waals surface area contributed by atoms with Gasteiger partial charge in [0, 0.05) is 11.3 Å². The number of nitrogens with one attached hydrogen (secondary N) is 1. The highest BCUT2D eigenvalue weighted by Gasteiger charge is 2.08. The van der Waals surface area contributed by atoms with E-state index >= 15 is 0 Å². The molecule has 3 N–H and O–H groups in total. The van der Waals surface area contributed by atoms with Gasteiger partial charge in [0.1, 0.15) is 11.6 Å². The highest BCUT2D eigenvalue weighted by molar-refractivity contribution is 6.04. The molecule has 0 fully saturated rings. The van der Waals surface area contributed by atoms with E-state index in [1.165, 1.54) is 12.1 Å². The number of amides is 1. The van der Waals surface area contributed by atoms with E-state index in [4.69, 9.17) is 10.5 Å². The van der Waals surface area contributed by atoms with Crippen molar-refractivity contribution >= 4 is 17.3 Å². The molecular formula is C16H17FN2O2. The second-order valence-corrected chi connectivity index (χ2v) is 4.57. The molecule has 0 aliphatic heterocycles. The van der Waals surface area contributed by atoms with Gasteiger partial charge in [-0.15, -0.1) is 0 Å². The maximum absolute atomic E-state index is 13.3. The van der Waals surface area contributed by atoms with Crippen LogP contribution in [-0.2, 0) is 0 Å². The molecule has 0 unspecified atom stereocenters. The standard InChI is InChI=1S/C16H17FN2O2/c1-2-8-21-13-5-3-4-11(9-13)16(20)19-12-6-7-15(18)14(17)10-12/h3-7,9-10H,2,8,18H2,1H3,(H,19,20). The molecule has 0 bridgehead atoms. The number of nitrogens with two attached hydrogens (primary N) is 1. The molecule has 4 nitrogen and oxygen atoms in total. The largest absolute Gasteiger partial charge is 0.494 e. The smallest absolute Gasteiger partial charge is 0.255 e. The number of hydrogen-bond acceptors (Lipinski definition) is 3. The second-order valence-electron chi connectivity index (χ2n) is 4.57. The second kappa shape index (κ2) is 6.74. The lowest BCUT2D eigenvalue weighted by atomic mass is 10.2. The van der Waals surface area contributed by atoms with E-state index in [0.717, 1.165) is 6.42 Å². The SMILES string of the molecule is CCCOc1cccc(C(=O)Nc2ccc(N)c(F)c2)c1. The van der Waals surface area contributed by atoms with Crippen LogP contribution in [0.4, 0.5) is 15.8 Å². The molecule has 0 radical (unpaired) electrons. The summed E-state index contributed by atoms with van der Waals surface area (Å²) in [6.07, 6.45) is 0.890. The number of hydrogen-bond donors (Lipinski definition) is 2. The molecule has 21 heavy (non-hydrogen) atoms. The minimum absolute atomic E-state index is 0.0444. The van der Waals surface area contributed by atoms with E-state index in [-0.39, 0.29) is 11.6 Å². The van der Waals surface area contributed by atoms with Crippen LogP contribution in [0.25, 0.3) is 0 Å². The maximum atomic E-state index is 13.3. The normalized spacial score (nSPS) is 10.2. The van der Waals surface area contributed by atoms with E-state index in [9.17, 15) is 9.18 Å². The molecule has 2 rings (SSSR count). The third kappa shape index (κ3) is 3.95. The molecule has 0 saturated carbocycles. The van der Waals surface area contributed by atoms with Gasteiger partial charge in [0.2, 0.25) is 0 Å². The Morgan fingerprint density at radius 1 is 1.29 bits per heavy atom. The highest BCUT2D eigenvalue weighted by Crippen LogP contribution is 2.18. The number of carbonyl (C=O) groups excluding carboxylic acids is 1. The summed E-state index contributed by atoms with van der Waals surface area (Å²) < 4.78 is 18.8. The highest BCUT2D eigenvalue weighted by atomic mass is 19.1. The van der Waals surface area contributed by atoms with Crippen molar-refractivity contribution < 1.29 is 13.9 Å². The first kappa shape index (κ1) is 14.8. The van der Waals surface area contributed by atoms with E-state index in [2.05, 4.69) is 5.32 Å². The quantitative estimate of drug-likeness (QED) is 0.828. The van der Waals surface area contributed by atoms with Crippen molar-refractivity contribution in [2.45, 2.75) is 13.3 Å². The Hall–Kier alpha value is -2.56. The van der Waals surface area contributed by atoms with Crippen LogP contribution in [-0.4, -0.2) is 12.5 Å². The van der Waals surface area contributed by atoms with Crippen LogP contribution in [0, 0.1) is 5.82 Å². The number of anilines is 2. The van der Waals surface area contributed by atoms with Gasteiger partial charge in [-0.2, -0.15) is 0 Å². The first-order chi connectivity index (χ1) is 10.1. The van der Waals surface area contributed by atoms with Gasteiger partial charge in [-0.3, -0.25) is 4.79 Å². The van der Waals surface area contributed by atoms with Gasteiger partial charge in [0.15, 0.2) is 0 Å². The van der Waals surface area contributed by atoms with Crippen molar-refractivity contribution in [3.63, 3.8) is 0 Å². The number of halogens is 1. The topological polar surface area (TPSA) is 64.3 Å². The lowest BCUT2D eigenvalue weighted by Gasteiger charge is -2.08. The minimum atomic E-state index is -0.562. The Labute approximate surface area is 122 Å². The molecular weight excluding hydrogens is 271 g/mol. The summed E-state index contributed by atoms with van der Waals surface area (Å²) in [5.41, 5.74) is 6.24. The molecule has 5 heteroatoms. The number of nitrogen functional groups attached to an aromatic ring is 1. The molecule has 110 valence electrons. The number of rotatable bonds is 5. The average Bonchev–Trinajstić information content (AvgIpc) is 2.49. The first-order valence-corrected chi connectivity index (χ1v) is 6.69. The summed E-state index contributed by atoms with van der Waals surface area (Å²) in [5.74, 6) is -0.262. The van der Waals surface area contributed by atoms with Gasteiger partial charge < -0.3 is 15.8 Å². The molecule has 0 heterocycles. The number of benzene rings is 2. The molecule has 0 saturated heterocycles. The molecule has 0 aliphatic carbocycles. The third-order valence-corrected chi connectivity index (χ3v) is 2.83. The molecule has 2 aromatic carbocycles. The van der Waals surface area contributed by atoms with Crippen LogP contribution >= 0.6 is 0 Å². The van der Waals surface area contributed by atoms with E-state index in [1.54, 1.807) is 30.3 Å². The van der Waals surface area contributed by atoms with Crippen molar-refractivity contribution in [1.82, 2.24) is 0 Å². The molecule has 0 aliphatic rings. The van der Waals surface area contributed by atoms with Crippen LogP contribution in [0.1, 0.15) is 23.7 Å². The van der Waals surface area contributed by atoms with Crippen molar-refractivity contribution in [3.05, 3.63) is 53.8 Å². The molecule has 2 aromatic rings. The van der Waals surface area contributed by atoms with Gasteiger partial charge in [0.25, 0.3) is 5.91 Å². The van der Waals surface area contributed by atoms with Crippen molar-refractivity contribution in [1.29, 1.82) is 0 Å². The fraction of sp³-hybridized carbons (Fsp3) is 0.188. The molecule has 0 aromatic heterocycles. The molecule has 0 atom stereocenters. The Bertz CT molecular complexity index is 644. The summed E-state index contributed by atoms with van der Waals surface area (Å²) in [6.45, 7) is 2.60. The zero-order valence-electron chi connectivity index (χ0n) is 11.7. The Kier molecular flexibility index (Phi) is 4.77. The first-order valence-electron chi connectivity index (χ1n) is 6.69. The summed E-state index contributed by atoms with van der Waals surface area (Å²) in [7, 11) is 0. The van der Waals surface area contributed by atoms with Crippen LogP contribution in [0.2, 0.25) is 0 Å². The van der Waals surface area contributed by atoms with Crippen LogP contribution in [0.15, 0.2) is 42.5 Å². The maximum Gasteiger partial charge on any atom is 0.255 e. The van der Waals surface area contributed by atoms with Crippen molar-refractivity contribution in [3.8, 4) is 5.75 Å². The van der Waals surface area contributed by atoms with Crippen LogP contribution in [0.3, 0.4) is 0 Å². The average molecular weight is 288 g/mol. The predicted molar refractivity (Wildman–Crippen MR) is 81.0 cm³/mol. The lowest BCUT2D eigenvalue weighted by Crippen LogP contribution is -2.12. The number of carbonyl (C=O) groups is 1. The van der Waals surface area contributed by atoms with Crippen LogP contribution in [0.5, 0.6) is 5.75 Å². The van der Waals surface area contributed by atoms with Gasteiger partial charge in [-0.25, -0.2) is 4.39 Å². The van der Waals surface area contributed by atoms with Gasteiger partial charge in [0.05, 0.1) is 12.3 Å². The van der Waals surface area contributed by atoms with E-state index in [1.807, 2.05) is 6.92 Å². The minimum Gasteiger partial charge on any atom is -0.494 e. The Morgan fingerprint density at radius 3 is 2.81 bits per heavy atom. The van der Waals surface area contributed by atoms with E-state index in [0.29, 0.717) is 23.6 Å². The molecule has 0 spiro atoms. The van der Waals surface area contributed by atoms with Gasteiger partial charge >= 0.3 is 0 Å². The third-order valence-electron chi connectivity index (χ3n) is 2.83. The molecule has 1 amide bonds. The monoisotopic (exact) mass is 288 g/mol. The number of ether oxygens (including phenoxy) is 1. The zero-order chi connectivity index (χ0) is 15.2. The van der Waals surface area contributed by atoms with Crippen LogP contribution < -0.4 is 15.8 Å². The van der Waals surface area contributed by atoms with Gasteiger partial charge in [-0.05, 0) is 42.8 Å². The van der Waals surface area contributed by atoms with Crippen molar-refractivity contribution in [2.75, 3.05) is 17.7 Å². The zero-order valence-corrected chi connectivity index (χ0v) is 11.7. The lowest BCUT2D eigenvalue weighted by molar-refractivity contribution is 0.102. The Balaban J connectivity index is 2.10. The van der Waals surface area contributed by atoms with Gasteiger partial charge in [-0.1, -0.05) is 13.0 Å².